The molecule has 0 spiro atoms. The monoisotopic (exact) mass is 521 g/mol. The van der Waals surface area contributed by atoms with Crippen molar-refractivity contribution in [3.8, 4) is 12.1 Å². The van der Waals surface area contributed by atoms with Crippen molar-refractivity contribution >= 4 is 34.0 Å². The molecular formula is C28H35N5OS2. The Morgan fingerprint density at radius 2 is 2.11 bits per heavy atom. The molecule has 4 rings (SSSR count). The molecule has 6 nitrogen and oxygen atoms in total. The van der Waals surface area contributed by atoms with Crippen LogP contribution in [0.4, 0.5) is 5.00 Å². The summed E-state index contributed by atoms with van der Waals surface area (Å²) in [4.78, 5) is 21.6. The highest BCUT2D eigenvalue weighted by atomic mass is 32.2. The average molecular weight is 522 g/mol. The molecule has 2 unspecified atom stereocenters. The topological polar surface area (TPSA) is 92.8 Å². The first-order valence-corrected chi connectivity index (χ1v) is 14.5. The van der Waals surface area contributed by atoms with Crippen molar-refractivity contribution in [3.05, 3.63) is 38.9 Å². The number of thiophene rings is 1. The molecule has 0 radical (unpaired) electrons. The first-order chi connectivity index (χ1) is 17.2. The number of carbonyl (C=O) groups excluding carboxylic acids is 1. The Morgan fingerprint density at radius 3 is 2.78 bits per heavy atom. The molecule has 2 aromatic heterocycles. The fourth-order valence-corrected chi connectivity index (χ4v) is 7.44. The number of nitriles is 2. The van der Waals surface area contributed by atoms with Crippen LogP contribution in [0, 0.1) is 34.0 Å². The summed E-state index contributed by atoms with van der Waals surface area (Å²) in [6.07, 6.45) is 5.52. The third-order valence-corrected chi connectivity index (χ3v) is 10.5. The third kappa shape index (κ3) is 5.32. The second kappa shape index (κ2) is 10.9. The molecule has 0 aromatic carbocycles. The Hall–Kier alpha value is -2.39. The number of nitrogens with zero attached hydrogens (tertiary/aromatic N) is 4. The molecule has 1 aliphatic heterocycles. The predicted molar refractivity (Wildman–Crippen MR) is 146 cm³/mol. The van der Waals surface area contributed by atoms with Crippen LogP contribution in [-0.2, 0) is 30.6 Å². The van der Waals surface area contributed by atoms with E-state index >= 15 is 0 Å². The molecule has 2 aliphatic rings. The quantitative estimate of drug-likeness (QED) is 0.454. The lowest BCUT2D eigenvalue weighted by atomic mass is 9.69. The van der Waals surface area contributed by atoms with Gasteiger partial charge >= 0.3 is 0 Å². The number of aryl methyl sites for hydroxylation is 1. The van der Waals surface area contributed by atoms with Gasteiger partial charge in [-0.2, -0.15) is 10.5 Å². The summed E-state index contributed by atoms with van der Waals surface area (Å²) in [5, 5.41) is 23.6. The number of aromatic nitrogens is 1. The van der Waals surface area contributed by atoms with E-state index < -0.39 is 5.25 Å². The standard InChI is InChI=1S/C28H35N5OS2/c1-6-23(25(34)32-27-21(15-30)20-10-11-33(5)16-24(20)36-27)35-26-18(14-29)12-17-13-19(28(3,4)7-2)8-9-22(17)31-26/h12,19,23H,6-11,13,16H2,1-5H3,(H,32,34). The van der Waals surface area contributed by atoms with E-state index in [1.54, 1.807) is 0 Å². The van der Waals surface area contributed by atoms with Crippen LogP contribution >= 0.6 is 23.1 Å². The smallest absolute Gasteiger partial charge is 0.238 e. The van der Waals surface area contributed by atoms with E-state index in [1.165, 1.54) is 28.7 Å². The number of nitrogens with one attached hydrogen (secondary N) is 1. The molecule has 0 fully saturated rings. The maximum Gasteiger partial charge on any atom is 0.238 e. The van der Waals surface area contributed by atoms with Crippen molar-refractivity contribution in [3.63, 3.8) is 0 Å². The van der Waals surface area contributed by atoms with Crippen LogP contribution in [0.1, 0.15) is 79.8 Å². The Labute approximate surface area is 223 Å². The van der Waals surface area contributed by atoms with Gasteiger partial charge in [0, 0.05) is 23.7 Å². The minimum atomic E-state index is -0.397. The Morgan fingerprint density at radius 1 is 1.33 bits per heavy atom. The molecular weight excluding hydrogens is 486 g/mol. The number of fused-ring (bicyclic) bond motifs is 2. The van der Waals surface area contributed by atoms with Gasteiger partial charge in [-0.05, 0) is 67.7 Å². The molecule has 190 valence electrons. The van der Waals surface area contributed by atoms with Gasteiger partial charge in [-0.3, -0.25) is 4.79 Å². The highest BCUT2D eigenvalue weighted by Crippen LogP contribution is 2.41. The Balaban J connectivity index is 1.53. The molecule has 3 heterocycles. The molecule has 1 N–H and O–H groups in total. The lowest BCUT2D eigenvalue weighted by Gasteiger charge is -2.37. The predicted octanol–water partition coefficient (Wildman–Crippen LogP) is 5.92. The molecule has 0 bridgehead atoms. The largest absolute Gasteiger partial charge is 0.316 e. The first kappa shape index (κ1) is 26.7. The van der Waals surface area contributed by atoms with Gasteiger partial charge < -0.3 is 10.2 Å². The van der Waals surface area contributed by atoms with Crippen molar-refractivity contribution < 1.29 is 4.79 Å². The number of carbonyl (C=O) groups is 1. The van der Waals surface area contributed by atoms with Crippen LogP contribution in [0.3, 0.4) is 0 Å². The van der Waals surface area contributed by atoms with Crippen molar-refractivity contribution in [2.24, 2.45) is 11.3 Å². The number of hydrogen-bond acceptors (Lipinski definition) is 7. The maximum absolute atomic E-state index is 13.3. The molecule has 2 aromatic rings. The van der Waals surface area contributed by atoms with Crippen molar-refractivity contribution in [1.82, 2.24) is 9.88 Å². The number of amides is 1. The summed E-state index contributed by atoms with van der Waals surface area (Å²) in [5.74, 6) is 0.445. The number of rotatable bonds is 7. The normalized spacial score (nSPS) is 18.5. The van der Waals surface area contributed by atoms with Gasteiger partial charge in [-0.15, -0.1) is 11.3 Å². The minimum Gasteiger partial charge on any atom is -0.316 e. The third-order valence-electron chi connectivity index (χ3n) is 8.00. The van der Waals surface area contributed by atoms with Crippen LogP contribution in [0.15, 0.2) is 11.1 Å². The van der Waals surface area contributed by atoms with Crippen molar-refractivity contribution in [2.45, 2.75) is 83.0 Å². The van der Waals surface area contributed by atoms with Crippen LogP contribution in [0.5, 0.6) is 0 Å². The van der Waals surface area contributed by atoms with Gasteiger partial charge in [0.1, 0.15) is 22.2 Å². The summed E-state index contributed by atoms with van der Waals surface area (Å²) in [6, 6.07) is 6.65. The lowest BCUT2D eigenvalue weighted by Crippen LogP contribution is -2.29. The van der Waals surface area contributed by atoms with Crippen LogP contribution in [-0.4, -0.2) is 34.6 Å². The summed E-state index contributed by atoms with van der Waals surface area (Å²) in [6.45, 7) is 10.6. The number of anilines is 1. The van der Waals surface area contributed by atoms with Crippen molar-refractivity contribution in [2.75, 3.05) is 18.9 Å². The van der Waals surface area contributed by atoms with Crippen molar-refractivity contribution in [1.29, 1.82) is 10.5 Å². The highest BCUT2D eigenvalue weighted by Gasteiger charge is 2.33. The first-order valence-electron chi connectivity index (χ1n) is 12.8. The molecule has 0 saturated carbocycles. The molecule has 1 aliphatic carbocycles. The Bertz CT molecular complexity index is 1240. The van der Waals surface area contributed by atoms with Crippen LogP contribution in [0.2, 0.25) is 0 Å². The number of likely N-dealkylation sites (N-methyl/N-ethyl adjacent to an activating group) is 1. The van der Waals surface area contributed by atoms with Crippen LogP contribution in [0.25, 0.3) is 0 Å². The van der Waals surface area contributed by atoms with Gasteiger partial charge in [-0.25, -0.2) is 4.98 Å². The summed E-state index contributed by atoms with van der Waals surface area (Å²) in [5.41, 5.74) is 4.74. The van der Waals surface area contributed by atoms with Gasteiger partial charge in [-0.1, -0.05) is 45.9 Å². The highest BCUT2D eigenvalue weighted by molar-refractivity contribution is 8.00. The summed E-state index contributed by atoms with van der Waals surface area (Å²) < 4.78 is 0. The van der Waals surface area contributed by atoms with E-state index in [1.807, 2.05) is 13.0 Å². The van der Waals surface area contributed by atoms with E-state index in [4.69, 9.17) is 4.98 Å². The van der Waals surface area contributed by atoms with Gasteiger partial charge in [0.05, 0.1) is 16.4 Å². The van der Waals surface area contributed by atoms with Crippen LogP contribution < -0.4 is 5.32 Å². The number of pyridine rings is 1. The Kier molecular flexibility index (Phi) is 8.09. The molecule has 2 atom stereocenters. The van der Waals surface area contributed by atoms with E-state index in [2.05, 4.69) is 50.2 Å². The van der Waals surface area contributed by atoms with Gasteiger partial charge in [0.2, 0.25) is 5.91 Å². The summed E-state index contributed by atoms with van der Waals surface area (Å²) >= 11 is 2.88. The zero-order valence-corrected chi connectivity index (χ0v) is 23.5. The van der Waals surface area contributed by atoms with Gasteiger partial charge in [0.25, 0.3) is 0 Å². The van der Waals surface area contributed by atoms with E-state index in [0.717, 1.165) is 61.3 Å². The van der Waals surface area contributed by atoms with E-state index in [0.29, 0.717) is 33.5 Å². The fourth-order valence-electron chi connectivity index (χ4n) is 5.16. The average Bonchev–Trinajstić information content (AvgIpc) is 3.21. The summed E-state index contributed by atoms with van der Waals surface area (Å²) in [7, 11) is 2.07. The molecule has 1 amide bonds. The molecule has 8 heteroatoms. The number of hydrogen-bond donors (Lipinski definition) is 1. The number of thioether (sulfide) groups is 1. The van der Waals surface area contributed by atoms with E-state index in [-0.39, 0.29) is 11.3 Å². The zero-order valence-electron chi connectivity index (χ0n) is 21.9. The molecule has 36 heavy (non-hydrogen) atoms. The maximum atomic E-state index is 13.3. The second-order valence-electron chi connectivity index (χ2n) is 10.7. The fraction of sp³-hybridized carbons (Fsp3) is 0.571. The minimum absolute atomic E-state index is 0.140. The lowest BCUT2D eigenvalue weighted by molar-refractivity contribution is -0.115. The van der Waals surface area contributed by atoms with Gasteiger partial charge in [0.15, 0.2) is 0 Å². The second-order valence-corrected chi connectivity index (χ2v) is 12.9. The van der Waals surface area contributed by atoms with E-state index in [9.17, 15) is 15.3 Å². The zero-order chi connectivity index (χ0) is 26.0. The molecule has 0 saturated heterocycles. The SMILES string of the molecule is CCC(Sc1nc2c(cc1C#N)CC(C(C)(C)CC)CC2)C(=O)Nc1sc2c(c1C#N)CCN(C)C2.